The number of amides is 1. The molecule has 1 aliphatic rings. The van der Waals surface area contributed by atoms with Crippen LogP contribution in [-0.2, 0) is 9.53 Å². The summed E-state index contributed by atoms with van der Waals surface area (Å²) in [5.74, 6) is 0.166. The summed E-state index contributed by atoms with van der Waals surface area (Å²) in [6.07, 6.45) is 0. The van der Waals surface area contributed by atoms with E-state index in [4.69, 9.17) is 4.74 Å². The lowest BCUT2D eigenvalue weighted by Gasteiger charge is -2.27. The number of aryl methyl sites for hydroxylation is 1. The molecule has 1 aromatic heterocycles. The van der Waals surface area contributed by atoms with Crippen LogP contribution in [0.4, 0.5) is 0 Å². The van der Waals surface area contributed by atoms with Crippen LogP contribution in [0.5, 0.6) is 0 Å². The number of rotatable bonds is 4. The summed E-state index contributed by atoms with van der Waals surface area (Å²) < 4.78 is 5.24. The minimum absolute atomic E-state index is 0.166. The highest BCUT2D eigenvalue weighted by atomic mass is 32.1. The smallest absolute Gasteiger partial charge is 0.236 e. The van der Waals surface area contributed by atoms with Gasteiger partial charge in [0.25, 0.3) is 0 Å². The zero-order chi connectivity index (χ0) is 13.0. The van der Waals surface area contributed by atoms with E-state index in [1.807, 2.05) is 4.90 Å². The molecule has 4 nitrogen and oxygen atoms in total. The Bertz CT molecular complexity index is 399. The molecule has 0 bridgehead atoms. The van der Waals surface area contributed by atoms with Gasteiger partial charge in [-0.2, -0.15) is 0 Å². The van der Waals surface area contributed by atoms with Crippen molar-refractivity contribution in [2.24, 2.45) is 0 Å². The second-order valence-electron chi connectivity index (χ2n) is 4.56. The summed E-state index contributed by atoms with van der Waals surface area (Å²) in [5.41, 5.74) is 1.29. The molecule has 0 aliphatic carbocycles. The maximum atomic E-state index is 12.0. The Balaban J connectivity index is 1.80. The predicted molar refractivity (Wildman–Crippen MR) is 72.9 cm³/mol. The minimum Gasteiger partial charge on any atom is -0.378 e. The van der Waals surface area contributed by atoms with Crippen molar-refractivity contribution >= 4 is 17.2 Å². The Labute approximate surface area is 112 Å². The summed E-state index contributed by atoms with van der Waals surface area (Å²) in [4.78, 5) is 15.1. The van der Waals surface area contributed by atoms with Crippen molar-refractivity contribution in [1.29, 1.82) is 0 Å². The molecule has 1 fully saturated rings. The van der Waals surface area contributed by atoms with Crippen molar-refractivity contribution < 1.29 is 9.53 Å². The summed E-state index contributed by atoms with van der Waals surface area (Å²) in [7, 11) is 0. The number of hydrogen-bond donors (Lipinski definition) is 1. The number of ether oxygens (including phenoxy) is 1. The van der Waals surface area contributed by atoms with Crippen molar-refractivity contribution in [1.82, 2.24) is 10.2 Å². The fraction of sp³-hybridized carbons (Fsp3) is 0.615. The molecule has 0 unspecified atom stereocenters. The maximum Gasteiger partial charge on any atom is 0.236 e. The molecule has 0 saturated carbocycles. The number of nitrogens with zero attached hydrogens (tertiary/aromatic N) is 1. The van der Waals surface area contributed by atoms with Gasteiger partial charge < -0.3 is 15.0 Å². The Kier molecular flexibility index (Phi) is 4.74. The Morgan fingerprint density at radius 3 is 2.89 bits per heavy atom. The summed E-state index contributed by atoms with van der Waals surface area (Å²) in [5, 5.41) is 5.39. The van der Waals surface area contributed by atoms with Gasteiger partial charge in [0.2, 0.25) is 5.91 Å². The SMILES string of the molecule is Cc1ccsc1[C@@H](C)NCC(=O)N1CCOCC1. The van der Waals surface area contributed by atoms with Gasteiger partial charge in [0.05, 0.1) is 19.8 Å². The van der Waals surface area contributed by atoms with Gasteiger partial charge in [-0.15, -0.1) is 11.3 Å². The molecule has 2 rings (SSSR count). The molecule has 18 heavy (non-hydrogen) atoms. The van der Waals surface area contributed by atoms with Gasteiger partial charge >= 0.3 is 0 Å². The first-order chi connectivity index (χ1) is 8.68. The van der Waals surface area contributed by atoms with Crippen molar-refractivity contribution in [3.05, 3.63) is 21.9 Å². The highest BCUT2D eigenvalue weighted by molar-refractivity contribution is 7.10. The van der Waals surface area contributed by atoms with E-state index < -0.39 is 0 Å². The van der Waals surface area contributed by atoms with Crippen molar-refractivity contribution in [2.45, 2.75) is 19.9 Å². The van der Waals surface area contributed by atoms with Gasteiger partial charge in [-0.25, -0.2) is 0 Å². The molecule has 1 aliphatic heterocycles. The number of hydrogen-bond acceptors (Lipinski definition) is 4. The van der Waals surface area contributed by atoms with Crippen molar-refractivity contribution in [3.8, 4) is 0 Å². The molecule has 1 atom stereocenters. The van der Waals surface area contributed by atoms with E-state index in [0.717, 1.165) is 0 Å². The number of morpholine rings is 1. The predicted octanol–water partition coefficient (Wildman–Crippen LogP) is 1.57. The lowest BCUT2D eigenvalue weighted by atomic mass is 10.2. The zero-order valence-corrected chi connectivity index (χ0v) is 11.8. The number of carbonyl (C=O) groups excluding carboxylic acids is 1. The van der Waals surface area contributed by atoms with Gasteiger partial charge in [-0.1, -0.05) is 0 Å². The standard InChI is InChI=1S/C13H20N2O2S/c1-10-3-8-18-13(10)11(2)14-9-12(16)15-4-6-17-7-5-15/h3,8,11,14H,4-7,9H2,1-2H3/t11-/m1/s1. The van der Waals surface area contributed by atoms with Crippen LogP contribution in [-0.4, -0.2) is 43.7 Å². The van der Waals surface area contributed by atoms with Gasteiger partial charge in [-0.05, 0) is 30.9 Å². The molecular weight excluding hydrogens is 248 g/mol. The van der Waals surface area contributed by atoms with Gasteiger partial charge in [-0.3, -0.25) is 4.79 Å². The average molecular weight is 268 g/mol. The van der Waals surface area contributed by atoms with Crippen LogP contribution in [0, 0.1) is 6.92 Å². The van der Waals surface area contributed by atoms with Crippen molar-refractivity contribution in [2.75, 3.05) is 32.8 Å². The lowest BCUT2D eigenvalue weighted by molar-refractivity contribution is -0.134. The van der Waals surface area contributed by atoms with Crippen LogP contribution in [0.2, 0.25) is 0 Å². The van der Waals surface area contributed by atoms with Crippen LogP contribution < -0.4 is 5.32 Å². The molecule has 0 aromatic carbocycles. The van der Waals surface area contributed by atoms with Gasteiger partial charge in [0.1, 0.15) is 0 Å². The third-order valence-corrected chi connectivity index (χ3v) is 4.42. The van der Waals surface area contributed by atoms with E-state index in [1.54, 1.807) is 11.3 Å². The minimum atomic E-state index is 0.166. The van der Waals surface area contributed by atoms with Crippen molar-refractivity contribution in [3.63, 3.8) is 0 Å². The fourth-order valence-corrected chi connectivity index (χ4v) is 3.05. The Morgan fingerprint density at radius 2 is 2.28 bits per heavy atom. The first-order valence-electron chi connectivity index (χ1n) is 6.31. The molecule has 1 N–H and O–H groups in total. The maximum absolute atomic E-state index is 12.0. The second-order valence-corrected chi connectivity index (χ2v) is 5.51. The number of thiophene rings is 1. The normalized spacial score (nSPS) is 17.8. The summed E-state index contributed by atoms with van der Waals surface area (Å²) in [6, 6.07) is 2.34. The Morgan fingerprint density at radius 1 is 1.56 bits per heavy atom. The van der Waals surface area contributed by atoms with Crippen LogP contribution >= 0.6 is 11.3 Å². The molecule has 1 amide bonds. The second kappa shape index (κ2) is 6.31. The van der Waals surface area contributed by atoms with E-state index in [-0.39, 0.29) is 11.9 Å². The van der Waals surface area contributed by atoms with Crippen LogP contribution in [0.1, 0.15) is 23.4 Å². The molecule has 0 radical (unpaired) electrons. The molecular formula is C13H20N2O2S. The van der Waals surface area contributed by atoms with E-state index in [0.29, 0.717) is 32.8 Å². The van der Waals surface area contributed by atoms with Crippen LogP contribution in [0.3, 0.4) is 0 Å². The quantitative estimate of drug-likeness (QED) is 0.901. The monoisotopic (exact) mass is 268 g/mol. The molecule has 0 spiro atoms. The molecule has 1 aromatic rings. The number of carbonyl (C=O) groups is 1. The van der Waals surface area contributed by atoms with Crippen LogP contribution in [0.15, 0.2) is 11.4 Å². The van der Waals surface area contributed by atoms with Gasteiger partial charge in [0, 0.05) is 24.0 Å². The summed E-state index contributed by atoms with van der Waals surface area (Å²) >= 11 is 1.74. The molecule has 100 valence electrons. The van der Waals surface area contributed by atoms with E-state index in [2.05, 4.69) is 30.6 Å². The first-order valence-corrected chi connectivity index (χ1v) is 7.19. The first kappa shape index (κ1) is 13.5. The average Bonchev–Trinajstić information content (AvgIpc) is 2.83. The van der Waals surface area contributed by atoms with E-state index in [1.165, 1.54) is 10.4 Å². The van der Waals surface area contributed by atoms with E-state index in [9.17, 15) is 4.79 Å². The van der Waals surface area contributed by atoms with E-state index >= 15 is 0 Å². The summed E-state index contributed by atoms with van der Waals surface area (Å²) in [6.45, 7) is 7.36. The fourth-order valence-electron chi connectivity index (χ4n) is 2.09. The largest absolute Gasteiger partial charge is 0.378 e. The highest BCUT2D eigenvalue weighted by Gasteiger charge is 2.18. The third-order valence-electron chi connectivity index (χ3n) is 3.22. The molecule has 2 heterocycles. The molecule has 5 heteroatoms. The molecule has 1 saturated heterocycles. The lowest BCUT2D eigenvalue weighted by Crippen LogP contribution is -2.45. The number of nitrogens with one attached hydrogen (secondary N) is 1. The zero-order valence-electron chi connectivity index (χ0n) is 10.9. The van der Waals surface area contributed by atoms with Crippen LogP contribution in [0.25, 0.3) is 0 Å². The third kappa shape index (κ3) is 3.31. The Hall–Kier alpha value is -0.910. The topological polar surface area (TPSA) is 41.6 Å². The van der Waals surface area contributed by atoms with Gasteiger partial charge in [0.15, 0.2) is 0 Å². The highest BCUT2D eigenvalue weighted by Crippen LogP contribution is 2.23.